The summed E-state index contributed by atoms with van der Waals surface area (Å²) >= 11 is 12.3. The fourth-order valence-electron chi connectivity index (χ4n) is 4.98. The largest absolute Gasteiger partial charge is 0.494 e. The van der Waals surface area contributed by atoms with Crippen LogP contribution >= 0.6 is 23.2 Å². The number of aromatic nitrogens is 2. The van der Waals surface area contributed by atoms with E-state index < -0.39 is 30.4 Å². The number of ether oxygens (including phenoxy) is 2. The highest BCUT2D eigenvalue weighted by atomic mass is 35.5. The molecule has 2 N–H and O–H groups in total. The molecule has 1 fully saturated rings. The number of alkyl halides is 2. The maximum absolute atomic E-state index is 13.9. The van der Waals surface area contributed by atoms with E-state index >= 15 is 0 Å². The molecular formula is C31H28Cl2F3N3O4. The van der Waals surface area contributed by atoms with E-state index in [1.165, 1.54) is 19.2 Å². The monoisotopic (exact) mass is 633 g/mol. The molecule has 5 rings (SSSR count). The van der Waals surface area contributed by atoms with Gasteiger partial charge in [-0.05, 0) is 80.6 Å². The molecule has 0 spiro atoms. The van der Waals surface area contributed by atoms with Gasteiger partial charge in [0, 0.05) is 16.5 Å². The zero-order chi connectivity index (χ0) is 31.1. The molecule has 2 heterocycles. The maximum atomic E-state index is 13.9. The number of carbonyl (C=O) groups is 1. The van der Waals surface area contributed by atoms with E-state index in [0.29, 0.717) is 51.3 Å². The van der Waals surface area contributed by atoms with Crippen molar-refractivity contribution in [2.45, 2.75) is 38.7 Å². The van der Waals surface area contributed by atoms with Gasteiger partial charge in [-0.2, -0.15) is 0 Å². The second-order valence-electron chi connectivity index (χ2n) is 10.5. The number of hydrogen-bond donors (Lipinski definition) is 2. The highest BCUT2D eigenvalue weighted by Gasteiger charge is 2.47. The molecule has 1 amide bonds. The van der Waals surface area contributed by atoms with E-state index in [9.17, 15) is 23.1 Å². The first-order valence-electron chi connectivity index (χ1n) is 13.4. The molecule has 2 aromatic heterocycles. The first-order chi connectivity index (χ1) is 20.4. The summed E-state index contributed by atoms with van der Waals surface area (Å²) in [6.45, 7) is 2.32. The Bertz CT molecular complexity index is 1720. The fourth-order valence-corrected chi connectivity index (χ4v) is 5.32. The number of halogens is 5. The van der Waals surface area contributed by atoms with Crippen molar-refractivity contribution in [2.75, 3.05) is 20.3 Å². The minimum atomic E-state index is -2.74. The number of aliphatic hydroxyl groups is 1. The van der Waals surface area contributed by atoms with Crippen LogP contribution in [0.4, 0.5) is 13.2 Å². The minimum Gasteiger partial charge on any atom is -0.494 e. The number of nitrogens with one attached hydrogen (secondary N) is 1. The van der Waals surface area contributed by atoms with Crippen LogP contribution in [0.25, 0.3) is 22.2 Å². The first kappa shape index (κ1) is 30.8. The van der Waals surface area contributed by atoms with Crippen LogP contribution in [0.2, 0.25) is 10.0 Å². The molecule has 1 saturated carbocycles. The zero-order valence-corrected chi connectivity index (χ0v) is 25.0. The number of aryl methyl sites for hydroxylation is 2. The third-order valence-electron chi connectivity index (χ3n) is 7.41. The molecule has 0 unspecified atom stereocenters. The molecule has 1 aliphatic rings. The van der Waals surface area contributed by atoms with Crippen LogP contribution in [0.5, 0.6) is 11.5 Å². The summed E-state index contributed by atoms with van der Waals surface area (Å²) in [5, 5.41) is 15.7. The van der Waals surface area contributed by atoms with E-state index in [2.05, 4.69) is 15.3 Å². The molecule has 0 saturated heterocycles. The summed E-state index contributed by atoms with van der Waals surface area (Å²) < 4.78 is 50.9. The molecule has 1 aliphatic carbocycles. The number of benzene rings is 2. The van der Waals surface area contributed by atoms with Crippen molar-refractivity contribution >= 4 is 40.0 Å². The zero-order valence-electron chi connectivity index (χ0n) is 23.5. The Morgan fingerprint density at radius 2 is 1.86 bits per heavy atom. The molecular weight excluding hydrogens is 606 g/mol. The average molecular weight is 634 g/mol. The number of rotatable bonds is 10. The summed E-state index contributed by atoms with van der Waals surface area (Å²) in [6.07, 6.45) is -1.38. The number of carbonyl (C=O) groups excluding carboxylic acids is 1. The number of nitrogens with zero attached hydrogens (tertiary/aromatic N) is 2. The number of amides is 1. The molecule has 12 heteroatoms. The van der Waals surface area contributed by atoms with Crippen molar-refractivity contribution in [2.24, 2.45) is 5.92 Å². The minimum absolute atomic E-state index is 0.0553. The van der Waals surface area contributed by atoms with Crippen LogP contribution in [0.15, 0.2) is 42.5 Å². The van der Waals surface area contributed by atoms with Crippen molar-refractivity contribution in [3.05, 3.63) is 80.8 Å². The lowest BCUT2D eigenvalue weighted by Gasteiger charge is -2.29. The summed E-state index contributed by atoms with van der Waals surface area (Å²) in [5.74, 6) is -0.924. The number of pyridine rings is 2. The van der Waals surface area contributed by atoms with Gasteiger partial charge in [0.15, 0.2) is 0 Å². The van der Waals surface area contributed by atoms with Crippen LogP contribution in [-0.4, -0.2) is 47.7 Å². The topological polar surface area (TPSA) is 93.6 Å². The Morgan fingerprint density at radius 3 is 2.51 bits per heavy atom. The molecule has 226 valence electrons. The Hall–Kier alpha value is -3.60. The van der Waals surface area contributed by atoms with Gasteiger partial charge >= 0.3 is 0 Å². The molecule has 43 heavy (non-hydrogen) atoms. The van der Waals surface area contributed by atoms with Gasteiger partial charge in [0.25, 0.3) is 12.3 Å². The van der Waals surface area contributed by atoms with Crippen LogP contribution in [0.1, 0.15) is 40.2 Å². The molecule has 0 radical (unpaired) electrons. The Morgan fingerprint density at radius 1 is 1.12 bits per heavy atom. The normalized spacial score (nSPS) is 14.6. The quantitative estimate of drug-likeness (QED) is 0.195. The van der Waals surface area contributed by atoms with Gasteiger partial charge in [-0.1, -0.05) is 23.2 Å². The lowest BCUT2D eigenvalue weighted by molar-refractivity contribution is 0.00937. The standard InChI is InChI=1S/C31H28Cl2F3N3O4/c1-15-8-25(39-28(29(15)43-13-26(35)36)17-4-7-23(34)22(33)10-17)31(41,20-5-6-20)14-37-30(40)19-9-18-11-21(32)16(2)38-27(18)24(12-19)42-3/h4,7-12,20,26,41H,5-6,13-14H2,1-3H3,(H,37,40)/t31-/m1/s1. The number of hydrogen-bond acceptors (Lipinski definition) is 6. The lowest BCUT2D eigenvalue weighted by Crippen LogP contribution is -2.43. The van der Waals surface area contributed by atoms with E-state index in [1.54, 1.807) is 38.1 Å². The predicted octanol–water partition coefficient (Wildman–Crippen LogP) is 7.04. The molecule has 1 atom stereocenters. The second-order valence-corrected chi connectivity index (χ2v) is 11.3. The van der Waals surface area contributed by atoms with E-state index in [-0.39, 0.29) is 40.2 Å². The Kier molecular flexibility index (Phi) is 8.74. The molecule has 4 aromatic rings. The summed E-state index contributed by atoms with van der Waals surface area (Å²) in [7, 11) is 1.47. The molecule has 0 bridgehead atoms. The van der Waals surface area contributed by atoms with E-state index in [0.717, 1.165) is 6.07 Å². The van der Waals surface area contributed by atoms with Crippen LogP contribution in [0.3, 0.4) is 0 Å². The maximum Gasteiger partial charge on any atom is 0.272 e. The van der Waals surface area contributed by atoms with Crippen molar-refractivity contribution in [1.82, 2.24) is 15.3 Å². The first-order valence-corrected chi connectivity index (χ1v) is 14.2. The number of methoxy groups -OCH3 is 1. The third-order valence-corrected chi connectivity index (χ3v) is 8.09. The average Bonchev–Trinajstić information content (AvgIpc) is 3.82. The van der Waals surface area contributed by atoms with E-state index in [1.807, 2.05) is 0 Å². The van der Waals surface area contributed by atoms with Crippen molar-refractivity contribution < 1.29 is 32.5 Å². The Labute approximate surface area is 256 Å². The van der Waals surface area contributed by atoms with Gasteiger partial charge in [0.1, 0.15) is 40.7 Å². The smallest absolute Gasteiger partial charge is 0.272 e. The van der Waals surface area contributed by atoms with Gasteiger partial charge in [-0.25, -0.2) is 23.1 Å². The molecule has 7 nitrogen and oxygen atoms in total. The SMILES string of the molecule is COc1cc(C(=O)NC[C@](O)(c2cc(C)c(OCC(F)F)c(-c3ccc(F)c(Cl)c3)n2)C2CC2)cc2cc(Cl)c(C)nc12. The van der Waals surface area contributed by atoms with Gasteiger partial charge in [-0.15, -0.1) is 0 Å². The van der Waals surface area contributed by atoms with Crippen LogP contribution in [0, 0.1) is 25.6 Å². The predicted molar refractivity (Wildman–Crippen MR) is 158 cm³/mol. The number of fused-ring (bicyclic) bond motifs is 1. The summed E-state index contributed by atoms with van der Waals surface area (Å²) in [4.78, 5) is 22.5. The fraction of sp³-hybridized carbons (Fsp3) is 0.323. The highest BCUT2D eigenvalue weighted by Crippen LogP contribution is 2.47. The summed E-state index contributed by atoms with van der Waals surface area (Å²) in [5.41, 5.74) is 0.887. The van der Waals surface area contributed by atoms with E-state index in [4.69, 9.17) is 32.7 Å². The summed E-state index contributed by atoms with van der Waals surface area (Å²) in [6, 6.07) is 10.3. The third kappa shape index (κ3) is 6.37. The molecule has 2 aromatic carbocycles. The van der Waals surface area contributed by atoms with Gasteiger partial charge in [0.2, 0.25) is 0 Å². The lowest BCUT2D eigenvalue weighted by atomic mass is 9.90. The highest BCUT2D eigenvalue weighted by molar-refractivity contribution is 6.32. The van der Waals surface area contributed by atoms with Crippen LogP contribution in [-0.2, 0) is 5.60 Å². The van der Waals surface area contributed by atoms with Crippen molar-refractivity contribution in [3.63, 3.8) is 0 Å². The van der Waals surface area contributed by atoms with Gasteiger partial charge < -0.3 is 19.9 Å². The van der Waals surface area contributed by atoms with Gasteiger partial charge in [0.05, 0.1) is 35.1 Å². The Balaban J connectivity index is 1.50. The van der Waals surface area contributed by atoms with Crippen molar-refractivity contribution in [3.8, 4) is 22.8 Å². The second kappa shape index (κ2) is 12.2. The van der Waals surface area contributed by atoms with Crippen LogP contribution < -0.4 is 14.8 Å². The molecule has 0 aliphatic heterocycles. The van der Waals surface area contributed by atoms with Crippen molar-refractivity contribution in [1.29, 1.82) is 0 Å². The van der Waals surface area contributed by atoms with Gasteiger partial charge in [-0.3, -0.25) is 4.79 Å².